The van der Waals surface area contributed by atoms with Crippen LogP contribution in [0.2, 0.25) is 0 Å². The van der Waals surface area contributed by atoms with Crippen molar-refractivity contribution in [2.75, 3.05) is 22.9 Å². The van der Waals surface area contributed by atoms with Crippen molar-refractivity contribution in [3.05, 3.63) is 144 Å². The van der Waals surface area contributed by atoms with Gasteiger partial charge in [0.05, 0.1) is 0 Å². The highest BCUT2D eigenvalue weighted by molar-refractivity contribution is 5.86. The highest BCUT2D eigenvalue weighted by atomic mass is 14.6. The van der Waals surface area contributed by atoms with Gasteiger partial charge in [-0.05, 0) is 105 Å². The van der Waals surface area contributed by atoms with Crippen LogP contribution in [0.5, 0.6) is 0 Å². The second-order valence-electron chi connectivity index (χ2n) is 10.3. The molecule has 0 spiro atoms. The smallest absolute Gasteiger partial charge is 0.0353 e. The van der Waals surface area contributed by atoms with Crippen molar-refractivity contribution in [1.82, 2.24) is 0 Å². The zero-order valence-corrected chi connectivity index (χ0v) is 22.2. The Labute approximate surface area is 234 Å². The summed E-state index contributed by atoms with van der Waals surface area (Å²) in [5.41, 5.74) is 36.0. The second-order valence-corrected chi connectivity index (χ2v) is 10.3. The number of rotatable bonds is 6. The summed E-state index contributed by atoms with van der Waals surface area (Å²) in [5.74, 6) is -0.0757. The van der Waals surface area contributed by atoms with Crippen molar-refractivity contribution < 1.29 is 0 Å². The third kappa shape index (κ3) is 4.95. The number of anilines is 4. The maximum atomic E-state index is 6.74. The summed E-state index contributed by atoms with van der Waals surface area (Å²) in [4.78, 5) is 0. The van der Waals surface area contributed by atoms with Crippen LogP contribution in [0, 0.1) is 0 Å². The minimum Gasteiger partial charge on any atom is -0.399 e. The predicted molar refractivity (Wildman–Crippen MR) is 171 cm³/mol. The van der Waals surface area contributed by atoms with Crippen molar-refractivity contribution >= 4 is 33.5 Å². The van der Waals surface area contributed by atoms with Crippen molar-refractivity contribution in [3.63, 3.8) is 0 Å². The average Bonchev–Trinajstić information content (AvgIpc) is 2.98. The maximum absolute atomic E-state index is 6.74. The van der Waals surface area contributed by atoms with Crippen molar-refractivity contribution in [2.24, 2.45) is 0 Å². The lowest BCUT2D eigenvalue weighted by atomic mass is 9.81. The number of nitrogens with two attached hydrogens (primary N) is 4. The van der Waals surface area contributed by atoms with Crippen LogP contribution in [0.1, 0.15) is 22.6 Å². The van der Waals surface area contributed by atoms with Crippen molar-refractivity contribution in [1.29, 1.82) is 0 Å². The van der Waals surface area contributed by atoms with Crippen LogP contribution < -0.4 is 22.9 Å². The van der Waals surface area contributed by atoms with Gasteiger partial charge in [-0.25, -0.2) is 0 Å². The van der Waals surface area contributed by atoms with Gasteiger partial charge in [0.25, 0.3) is 0 Å². The van der Waals surface area contributed by atoms with Crippen LogP contribution in [0.15, 0.2) is 127 Å². The van der Waals surface area contributed by atoms with Gasteiger partial charge in [0, 0.05) is 28.7 Å². The van der Waals surface area contributed by atoms with Gasteiger partial charge in [-0.2, -0.15) is 0 Å². The summed E-state index contributed by atoms with van der Waals surface area (Å²) < 4.78 is 0. The fourth-order valence-electron chi connectivity index (χ4n) is 5.54. The first-order valence-electron chi connectivity index (χ1n) is 13.4. The summed E-state index contributed by atoms with van der Waals surface area (Å²) in [6.45, 7) is 0. The van der Waals surface area contributed by atoms with E-state index in [1.807, 2.05) is 60.7 Å². The van der Waals surface area contributed by atoms with Crippen LogP contribution in [0.3, 0.4) is 0 Å². The molecule has 0 saturated carbocycles. The predicted octanol–water partition coefficient (Wildman–Crippen LogP) is 7.88. The van der Waals surface area contributed by atoms with Crippen LogP contribution >= 0.6 is 0 Å². The molecule has 0 unspecified atom stereocenters. The van der Waals surface area contributed by atoms with E-state index in [9.17, 15) is 0 Å². The molecule has 0 aliphatic rings. The highest BCUT2D eigenvalue weighted by Gasteiger charge is 2.22. The second kappa shape index (κ2) is 10.5. The van der Waals surface area contributed by atoms with Gasteiger partial charge in [-0.3, -0.25) is 0 Å². The van der Waals surface area contributed by atoms with E-state index >= 15 is 0 Å². The fraction of sp³-hybridized carbons (Fsp3) is 0.0556. The average molecular weight is 521 g/mol. The molecule has 6 rings (SSSR count). The molecular formula is C36H32N4. The molecule has 4 nitrogen and oxygen atoms in total. The standard InChI is InChI=1S/C36H32N4/c37-29-14-8-23(9-15-29)26-12-18-35(39)33(20-26)32(22-28-6-3-5-25-4-1-2-7-31(25)28)34-21-27(13-19-36(34)40)24-10-16-30(38)17-11-24/h1-21,32H,22,37-40H2. The van der Waals surface area contributed by atoms with Gasteiger partial charge in [0.15, 0.2) is 0 Å². The Morgan fingerprint density at radius 1 is 0.450 bits per heavy atom. The van der Waals surface area contributed by atoms with E-state index in [4.69, 9.17) is 22.9 Å². The molecule has 8 N–H and O–H groups in total. The zero-order valence-electron chi connectivity index (χ0n) is 22.2. The van der Waals surface area contributed by atoms with Gasteiger partial charge in [-0.15, -0.1) is 0 Å². The zero-order chi connectivity index (χ0) is 27.6. The van der Waals surface area contributed by atoms with E-state index in [2.05, 4.69) is 66.7 Å². The molecule has 6 aromatic carbocycles. The third-order valence-electron chi connectivity index (χ3n) is 7.72. The minimum atomic E-state index is -0.0757. The number of nitrogen functional groups attached to an aromatic ring is 4. The molecule has 40 heavy (non-hydrogen) atoms. The molecular weight excluding hydrogens is 488 g/mol. The topological polar surface area (TPSA) is 104 Å². The van der Waals surface area contributed by atoms with E-state index in [0.717, 1.165) is 62.6 Å². The molecule has 0 bridgehead atoms. The normalized spacial score (nSPS) is 11.2. The molecule has 0 aromatic heterocycles. The first-order chi connectivity index (χ1) is 19.5. The highest BCUT2D eigenvalue weighted by Crippen LogP contribution is 2.40. The monoisotopic (exact) mass is 520 g/mol. The number of benzene rings is 6. The van der Waals surface area contributed by atoms with Crippen LogP contribution in [-0.2, 0) is 6.42 Å². The van der Waals surface area contributed by atoms with Crippen molar-refractivity contribution in [2.45, 2.75) is 12.3 Å². The van der Waals surface area contributed by atoms with E-state index in [1.165, 1.54) is 16.3 Å². The summed E-state index contributed by atoms with van der Waals surface area (Å²) in [6.07, 6.45) is 0.742. The van der Waals surface area contributed by atoms with Crippen LogP contribution in [0.25, 0.3) is 33.0 Å². The Bertz CT molecular complexity index is 1700. The number of hydrogen-bond donors (Lipinski definition) is 4. The van der Waals surface area contributed by atoms with Gasteiger partial charge in [0.1, 0.15) is 0 Å². The Balaban J connectivity index is 1.53. The van der Waals surface area contributed by atoms with E-state index in [1.54, 1.807) is 0 Å². The summed E-state index contributed by atoms with van der Waals surface area (Å²) in [7, 11) is 0. The molecule has 0 aliphatic carbocycles. The van der Waals surface area contributed by atoms with Gasteiger partial charge >= 0.3 is 0 Å². The molecule has 0 aliphatic heterocycles. The lowest BCUT2D eigenvalue weighted by Gasteiger charge is -2.24. The molecule has 0 saturated heterocycles. The first-order valence-corrected chi connectivity index (χ1v) is 13.4. The third-order valence-corrected chi connectivity index (χ3v) is 7.72. The fourth-order valence-corrected chi connectivity index (χ4v) is 5.54. The van der Waals surface area contributed by atoms with Gasteiger partial charge < -0.3 is 22.9 Å². The Kier molecular flexibility index (Phi) is 6.59. The SMILES string of the molecule is Nc1ccc(-c2ccc(N)c(C(Cc3cccc4ccccc34)c3cc(-c4ccc(N)cc4)ccc3N)c2)cc1. The maximum Gasteiger partial charge on any atom is 0.0353 e. The molecule has 196 valence electrons. The summed E-state index contributed by atoms with van der Waals surface area (Å²) in [6, 6.07) is 43.4. The van der Waals surface area contributed by atoms with E-state index in [-0.39, 0.29) is 5.92 Å². The largest absolute Gasteiger partial charge is 0.399 e. The summed E-state index contributed by atoms with van der Waals surface area (Å²) >= 11 is 0. The molecule has 0 heterocycles. The molecule has 0 radical (unpaired) electrons. The first kappa shape index (κ1) is 25.1. The molecule has 4 heteroatoms. The van der Waals surface area contributed by atoms with E-state index < -0.39 is 0 Å². The number of fused-ring (bicyclic) bond motifs is 1. The van der Waals surface area contributed by atoms with Crippen molar-refractivity contribution in [3.8, 4) is 22.3 Å². The molecule has 6 aromatic rings. The lowest BCUT2D eigenvalue weighted by Crippen LogP contribution is -2.11. The molecule has 0 amide bonds. The van der Waals surface area contributed by atoms with Crippen LogP contribution in [0.4, 0.5) is 22.7 Å². The molecule has 0 fully saturated rings. The summed E-state index contributed by atoms with van der Waals surface area (Å²) in [5, 5.41) is 2.45. The van der Waals surface area contributed by atoms with E-state index in [0.29, 0.717) is 0 Å². The number of hydrogen-bond acceptors (Lipinski definition) is 4. The van der Waals surface area contributed by atoms with Gasteiger partial charge in [-0.1, -0.05) is 78.9 Å². The molecule has 0 atom stereocenters. The quantitative estimate of drug-likeness (QED) is 0.168. The Hall–Kier alpha value is -5.22. The lowest BCUT2D eigenvalue weighted by molar-refractivity contribution is 0.815. The minimum absolute atomic E-state index is 0.0757. The van der Waals surface area contributed by atoms with Crippen LogP contribution in [-0.4, -0.2) is 0 Å². The van der Waals surface area contributed by atoms with Gasteiger partial charge in [0.2, 0.25) is 0 Å². The Morgan fingerprint density at radius 3 is 1.48 bits per heavy atom. The Morgan fingerprint density at radius 2 is 0.925 bits per heavy atom.